The van der Waals surface area contributed by atoms with Gasteiger partial charge in [-0.1, -0.05) is 0 Å². The number of ether oxygens (including phenoxy) is 1. The molecule has 0 saturated heterocycles. The number of carboxylic acids is 2. The molecule has 0 aromatic heterocycles. The fourth-order valence-electron chi connectivity index (χ4n) is 0.555. The molecule has 80 valence electrons. The number of carbonyl (C=O) groups excluding carboxylic acids is 1. The van der Waals surface area contributed by atoms with Crippen molar-refractivity contribution in [2.24, 2.45) is 0 Å². The summed E-state index contributed by atoms with van der Waals surface area (Å²) in [5.74, 6) is -5.55. The number of aliphatic carboxylic acids is 2. The van der Waals surface area contributed by atoms with Crippen LogP contribution < -0.4 is 0 Å². The summed E-state index contributed by atoms with van der Waals surface area (Å²) in [4.78, 5) is 30.7. The fraction of sp³-hybridized carbons (Fsp3) is 0.500. The largest absolute Gasteiger partial charge is 0.478 e. The Morgan fingerprint density at radius 3 is 2.00 bits per heavy atom. The molecule has 2 atom stereocenters. The Kier molecular flexibility index (Phi) is 4.53. The first-order chi connectivity index (χ1) is 6.40. The highest BCUT2D eigenvalue weighted by atomic mass is 16.6. The predicted molar refractivity (Wildman–Crippen MR) is 38.2 cm³/mol. The number of esters is 1. The fourth-order valence-corrected chi connectivity index (χ4v) is 0.555. The van der Waals surface area contributed by atoms with Gasteiger partial charge in [0.05, 0.1) is 6.61 Å². The van der Waals surface area contributed by atoms with Crippen LogP contribution in [0.5, 0.6) is 0 Å². The molecule has 0 spiro atoms. The summed E-state index contributed by atoms with van der Waals surface area (Å²) in [5, 5.41) is 33.6. The van der Waals surface area contributed by atoms with Crippen molar-refractivity contribution in [3.05, 3.63) is 0 Å². The monoisotopic (exact) mass is 208 g/mol. The van der Waals surface area contributed by atoms with Crippen LogP contribution in [0, 0.1) is 0 Å². The van der Waals surface area contributed by atoms with Crippen molar-refractivity contribution < 1.29 is 39.5 Å². The molecule has 0 unspecified atom stereocenters. The molecular formula is C6H8O8. The summed E-state index contributed by atoms with van der Waals surface area (Å²) in [7, 11) is 0. The van der Waals surface area contributed by atoms with E-state index in [-0.39, 0.29) is 0 Å². The second kappa shape index (κ2) is 5.14. The molecule has 0 saturated carbocycles. The number of carbonyl (C=O) groups is 3. The predicted octanol–water partition coefficient (Wildman–Crippen LogP) is -2.58. The summed E-state index contributed by atoms with van der Waals surface area (Å²) in [6.45, 7) is -0.968. The molecule has 14 heavy (non-hydrogen) atoms. The molecule has 0 aromatic rings. The van der Waals surface area contributed by atoms with Crippen LogP contribution in [-0.4, -0.2) is 57.1 Å². The van der Waals surface area contributed by atoms with Crippen molar-refractivity contribution in [3.8, 4) is 0 Å². The Labute approximate surface area is 77.3 Å². The molecule has 0 aromatic carbocycles. The summed E-state index contributed by atoms with van der Waals surface area (Å²) < 4.78 is 3.88. The average Bonchev–Trinajstić information content (AvgIpc) is 2.11. The van der Waals surface area contributed by atoms with Gasteiger partial charge in [-0.25, -0.2) is 14.4 Å². The van der Waals surface area contributed by atoms with E-state index in [1.54, 1.807) is 0 Å². The van der Waals surface area contributed by atoms with Crippen LogP contribution in [0.2, 0.25) is 0 Å². The van der Waals surface area contributed by atoms with E-state index < -0.39 is 36.7 Å². The van der Waals surface area contributed by atoms with E-state index in [2.05, 4.69) is 4.74 Å². The number of carboxylic acid groups (broad SMARTS) is 2. The molecule has 0 rings (SSSR count). The highest BCUT2D eigenvalue weighted by Crippen LogP contribution is 2.00. The van der Waals surface area contributed by atoms with Gasteiger partial charge in [-0.05, 0) is 0 Å². The van der Waals surface area contributed by atoms with Crippen LogP contribution in [0.15, 0.2) is 0 Å². The molecule has 0 heterocycles. The molecule has 8 heteroatoms. The smallest absolute Gasteiger partial charge is 0.418 e. The first kappa shape index (κ1) is 12.3. The molecule has 0 aliphatic carbocycles. The standard InChI is InChI=1S/C6H8O8/c7-1-2(8)3(4(9)10)14-6(13)5(11)12/h2-3,7-8H,1H2,(H,9,10)(H,11,12)/t2-,3+/m0/s1. The first-order valence-electron chi connectivity index (χ1n) is 3.35. The normalized spacial score (nSPS) is 14.1. The summed E-state index contributed by atoms with van der Waals surface area (Å²) in [6.07, 6.45) is -3.96. The summed E-state index contributed by atoms with van der Waals surface area (Å²) in [6, 6.07) is 0. The number of hydrogen-bond acceptors (Lipinski definition) is 6. The third-order valence-corrected chi connectivity index (χ3v) is 1.19. The first-order valence-corrected chi connectivity index (χ1v) is 3.35. The van der Waals surface area contributed by atoms with Crippen molar-refractivity contribution in [1.29, 1.82) is 0 Å². The molecule has 0 bridgehead atoms. The van der Waals surface area contributed by atoms with Crippen LogP contribution in [0.1, 0.15) is 0 Å². The van der Waals surface area contributed by atoms with Gasteiger partial charge in [0.2, 0.25) is 6.10 Å². The van der Waals surface area contributed by atoms with Crippen LogP contribution in [0.3, 0.4) is 0 Å². The van der Waals surface area contributed by atoms with Gasteiger partial charge in [-0.2, -0.15) is 0 Å². The average molecular weight is 208 g/mol. The molecule has 0 aliphatic rings. The maximum Gasteiger partial charge on any atom is 0.418 e. The molecule has 0 aliphatic heterocycles. The van der Waals surface area contributed by atoms with Crippen molar-refractivity contribution in [1.82, 2.24) is 0 Å². The number of rotatable bonds is 4. The lowest BCUT2D eigenvalue weighted by Gasteiger charge is -2.15. The molecule has 4 N–H and O–H groups in total. The van der Waals surface area contributed by atoms with Gasteiger partial charge >= 0.3 is 17.9 Å². The van der Waals surface area contributed by atoms with Crippen molar-refractivity contribution in [3.63, 3.8) is 0 Å². The molecule has 0 amide bonds. The van der Waals surface area contributed by atoms with E-state index in [1.165, 1.54) is 0 Å². The van der Waals surface area contributed by atoms with E-state index in [1.807, 2.05) is 0 Å². The van der Waals surface area contributed by atoms with E-state index in [9.17, 15) is 14.4 Å². The second-order valence-corrected chi connectivity index (χ2v) is 2.22. The quantitative estimate of drug-likeness (QED) is 0.291. The van der Waals surface area contributed by atoms with E-state index >= 15 is 0 Å². The van der Waals surface area contributed by atoms with E-state index in [4.69, 9.17) is 20.4 Å². The highest BCUT2D eigenvalue weighted by Gasteiger charge is 2.32. The number of hydrogen-bond donors (Lipinski definition) is 4. The molecular weight excluding hydrogens is 200 g/mol. The zero-order valence-electron chi connectivity index (χ0n) is 6.78. The summed E-state index contributed by atoms with van der Waals surface area (Å²) in [5.41, 5.74) is 0. The zero-order chi connectivity index (χ0) is 11.3. The van der Waals surface area contributed by atoms with Crippen molar-refractivity contribution >= 4 is 17.9 Å². The Morgan fingerprint density at radius 2 is 1.71 bits per heavy atom. The van der Waals surface area contributed by atoms with Crippen molar-refractivity contribution in [2.75, 3.05) is 6.61 Å². The molecule has 0 fully saturated rings. The molecule has 8 nitrogen and oxygen atoms in total. The van der Waals surface area contributed by atoms with E-state index in [0.29, 0.717) is 0 Å². The van der Waals surface area contributed by atoms with Gasteiger partial charge in [0, 0.05) is 0 Å². The maximum atomic E-state index is 10.4. The van der Waals surface area contributed by atoms with Crippen LogP contribution in [0.25, 0.3) is 0 Å². The third kappa shape index (κ3) is 3.37. The topological polar surface area (TPSA) is 141 Å². The van der Waals surface area contributed by atoms with Crippen LogP contribution >= 0.6 is 0 Å². The lowest BCUT2D eigenvalue weighted by molar-refractivity contribution is -0.180. The minimum absolute atomic E-state index is 0.968. The van der Waals surface area contributed by atoms with Crippen LogP contribution in [-0.2, 0) is 19.1 Å². The minimum Gasteiger partial charge on any atom is -0.478 e. The second-order valence-electron chi connectivity index (χ2n) is 2.22. The van der Waals surface area contributed by atoms with Gasteiger partial charge in [0.25, 0.3) is 0 Å². The summed E-state index contributed by atoms with van der Waals surface area (Å²) >= 11 is 0. The lowest BCUT2D eigenvalue weighted by atomic mass is 10.2. The minimum atomic E-state index is -2.09. The van der Waals surface area contributed by atoms with Gasteiger partial charge < -0.3 is 25.2 Å². The van der Waals surface area contributed by atoms with Gasteiger partial charge in [-0.3, -0.25) is 0 Å². The SMILES string of the molecule is O=C(O)C(=O)O[C@@H](C(=O)O)[C@@H](O)CO. The Hall–Kier alpha value is -1.67. The Morgan fingerprint density at radius 1 is 1.21 bits per heavy atom. The van der Waals surface area contributed by atoms with E-state index in [0.717, 1.165) is 0 Å². The lowest BCUT2D eigenvalue weighted by Crippen LogP contribution is -2.41. The number of aliphatic hydroxyl groups excluding tert-OH is 2. The Bertz CT molecular complexity index is 246. The van der Waals surface area contributed by atoms with Crippen LogP contribution in [0.4, 0.5) is 0 Å². The third-order valence-electron chi connectivity index (χ3n) is 1.19. The number of aliphatic hydroxyl groups is 2. The van der Waals surface area contributed by atoms with Gasteiger partial charge in [-0.15, -0.1) is 0 Å². The molecule has 0 radical (unpaired) electrons. The maximum absolute atomic E-state index is 10.4. The zero-order valence-corrected chi connectivity index (χ0v) is 6.78. The Balaban J connectivity index is 4.46. The van der Waals surface area contributed by atoms with Crippen molar-refractivity contribution in [2.45, 2.75) is 12.2 Å². The van der Waals surface area contributed by atoms with Gasteiger partial charge in [0.1, 0.15) is 6.10 Å². The highest BCUT2D eigenvalue weighted by molar-refractivity contribution is 6.28. The van der Waals surface area contributed by atoms with Gasteiger partial charge in [0.15, 0.2) is 0 Å².